The highest BCUT2D eigenvalue weighted by atomic mass is 16.5. The number of nitrogens with zero attached hydrogens (tertiary/aromatic N) is 1. The summed E-state index contributed by atoms with van der Waals surface area (Å²) in [6, 6.07) is 0.660. The van der Waals surface area contributed by atoms with E-state index < -0.39 is 0 Å². The van der Waals surface area contributed by atoms with E-state index in [0.717, 1.165) is 25.7 Å². The largest absolute Gasteiger partial charge is 0.380 e. The molecule has 3 heteroatoms. The molecule has 0 aromatic rings. The van der Waals surface area contributed by atoms with Crippen molar-refractivity contribution in [1.29, 1.82) is 0 Å². The summed E-state index contributed by atoms with van der Waals surface area (Å²) in [6.45, 7) is 12.4. The van der Waals surface area contributed by atoms with Gasteiger partial charge in [-0.25, -0.2) is 0 Å². The van der Waals surface area contributed by atoms with Gasteiger partial charge >= 0.3 is 0 Å². The van der Waals surface area contributed by atoms with Crippen LogP contribution in [-0.4, -0.2) is 49.3 Å². The Morgan fingerprint density at radius 3 is 3.00 bits per heavy atom. The Balaban J connectivity index is 1.96. The van der Waals surface area contributed by atoms with Crippen LogP contribution in [0.25, 0.3) is 0 Å². The SMILES string of the molecule is CCC(C)C1CN(C2(C)CCCOC2)CCN1. The lowest BCUT2D eigenvalue weighted by Gasteiger charge is -2.48. The molecule has 0 spiro atoms. The molecule has 2 heterocycles. The summed E-state index contributed by atoms with van der Waals surface area (Å²) in [5.74, 6) is 0.769. The van der Waals surface area contributed by atoms with Gasteiger partial charge in [-0.15, -0.1) is 0 Å². The summed E-state index contributed by atoms with van der Waals surface area (Å²) < 4.78 is 5.70. The Morgan fingerprint density at radius 2 is 2.35 bits per heavy atom. The molecule has 2 fully saturated rings. The van der Waals surface area contributed by atoms with E-state index in [-0.39, 0.29) is 5.54 Å². The molecule has 2 aliphatic heterocycles. The molecule has 3 nitrogen and oxygen atoms in total. The minimum Gasteiger partial charge on any atom is -0.380 e. The van der Waals surface area contributed by atoms with E-state index in [9.17, 15) is 0 Å². The van der Waals surface area contributed by atoms with E-state index in [1.165, 1.54) is 32.4 Å². The number of ether oxygens (including phenoxy) is 1. The smallest absolute Gasteiger partial charge is 0.0647 e. The fourth-order valence-electron chi connectivity index (χ4n) is 3.10. The van der Waals surface area contributed by atoms with Crippen molar-refractivity contribution in [2.24, 2.45) is 5.92 Å². The highest BCUT2D eigenvalue weighted by Crippen LogP contribution is 2.27. The van der Waals surface area contributed by atoms with Crippen molar-refractivity contribution in [2.45, 2.75) is 51.6 Å². The third-order valence-electron chi connectivity index (χ3n) is 4.72. The molecule has 3 atom stereocenters. The molecule has 2 aliphatic rings. The van der Waals surface area contributed by atoms with Crippen LogP contribution in [0.15, 0.2) is 0 Å². The topological polar surface area (TPSA) is 24.5 Å². The summed E-state index contributed by atoms with van der Waals surface area (Å²) in [7, 11) is 0. The van der Waals surface area contributed by atoms with E-state index in [2.05, 4.69) is 31.0 Å². The van der Waals surface area contributed by atoms with Gasteiger partial charge in [0.25, 0.3) is 0 Å². The molecule has 1 N–H and O–H groups in total. The van der Waals surface area contributed by atoms with Crippen molar-refractivity contribution in [3.8, 4) is 0 Å². The number of hydrogen-bond acceptors (Lipinski definition) is 3. The summed E-state index contributed by atoms with van der Waals surface area (Å²) in [4.78, 5) is 2.67. The van der Waals surface area contributed by atoms with Crippen LogP contribution in [0.2, 0.25) is 0 Å². The molecule has 0 amide bonds. The van der Waals surface area contributed by atoms with Crippen LogP contribution in [0.5, 0.6) is 0 Å². The maximum absolute atomic E-state index is 5.70. The van der Waals surface area contributed by atoms with Crippen LogP contribution in [0, 0.1) is 5.92 Å². The highest BCUT2D eigenvalue weighted by Gasteiger charge is 2.37. The van der Waals surface area contributed by atoms with E-state index in [4.69, 9.17) is 4.74 Å². The normalized spacial score (nSPS) is 37.9. The van der Waals surface area contributed by atoms with Gasteiger partial charge in [0.2, 0.25) is 0 Å². The van der Waals surface area contributed by atoms with E-state index in [0.29, 0.717) is 6.04 Å². The van der Waals surface area contributed by atoms with Gasteiger partial charge in [0, 0.05) is 37.8 Å². The van der Waals surface area contributed by atoms with Gasteiger partial charge in [-0.2, -0.15) is 0 Å². The summed E-state index contributed by atoms with van der Waals surface area (Å²) >= 11 is 0. The molecule has 0 aromatic carbocycles. The Morgan fingerprint density at radius 1 is 1.53 bits per heavy atom. The van der Waals surface area contributed by atoms with Gasteiger partial charge in [-0.05, 0) is 25.7 Å². The predicted octanol–water partition coefficient (Wildman–Crippen LogP) is 1.88. The third kappa shape index (κ3) is 3.01. The van der Waals surface area contributed by atoms with Gasteiger partial charge in [0.1, 0.15) is 0 Å². The average Bonchev–Trinajstić information content (AvgIpc) is 2.39. The van der Waals surface area contributed by atoms with Crippen LogP contribution < -0.4 is 5.32 Å². The first-order valence-corrected chi connectivity index (χ1v) is 7.22. The van der Waals surface area contributed by atoms with Crippen molar-refractivity contribution in [3.63, 3.8) is 0 Å². The maximum atomic E-state index is 5.70. The lowest BCUT2D eigenvalue weighted by atomic mass is 9.89. The fraction of sp³-hybridized carbons (Fsp3) is 1.00. The van der Waals surface area contributed by atoms with E-state index in [1.54, 1.807) is 0 Å². The number of nitrogens with one attached hydrogen (secondary N) is 1. The van der Waals surface area contributed by atoms with Crippen LogP contribution in [0.1, 0.15) is 40.0 Å². The second kappa shape index (κ2) is 5.68. The molecular weight excluding hydrogens is 212 g/mol. The van der Waals surface area contributed by atoms with Crippen molar-refractivity contribution in [1.82, 2.24) is 10.2 Å². The fourth-order valence-corrected chi connectivity index (χ4v) is 3.10. The quantitative estimate of drug-likeness (QED) is 0.815. The zero-order valence-corrected chi connectivity index (χ0v) is 11.7. The monoisotopic (exact) mass is 240 g/mol. The Labute approximate surface area is 106 Å². The Bertz CT molecular complexity index is 238. The first-order valence-electron chi connectivity index (χ1n) is 7.22. The van der Waals surface area contributed by atoms with Crippen LogP contribution >= 0.6 is 0 Å². The number of hydrogen-bond donors (Lipinski definition) is 1. The van der Waals surface area contributed by atoms with Gasteiger partial charge in [-0.3, -0.25) is 4.90 Å². The minimum absolute atomic E-state index is 0.284. The standard InChI is InChI=1S/C14H28N2O/c1-4-12(2)13-10-16(8-7-15-13)14(3)6-5-9-17-11-14/h12-13,15H,4-11H2,1-3H3. The van der Waals surface area contributed by atoms with E-state index in [1.807, 2.05) is 0 Å². The zero-order valence-electron chi connectivity index (χ0n) is 11.7. The number of piperazine rings is 1. The maximum Gasteiger partial charge on any atom is 0.0647 e. The van der Waals surface area contributed by atoms with Crippen molar-refractivity contribution in [3.05, 3.63) is 0 Å². The van der Waals surface area contributed by atoms with Crippen molar-refractivity contribution >= 4 is 0 Å². The summed E-state index contributed by atoms with van der Waals surface area (Å²) in [5.41, 5.74) is 0.284. The van der Waals surface area contributed by atoms with Gasteiger partial charge < -0.3 is 10.1 Å². The van der Waals surface area contributed by atoms with Gasteiger partial charge in [0.05, 0.1) is 6.61 Å². The highest BCUT2D eigenvalue weighted by molar-refractivity contribution is 4.94. The molecule has 2 saturated heterocycles. The van der Waals surface area contributed by atoms with Crippen LogP contribution in [0.3, 0.4) is 0 Å². The predicted molar refractivity (Wildman–Crippen MR) is 71.3 cm³/mol. The molecule has 17 heavy (non-hydrogen) atoms. The zero-order chi connectivity index (χ0) is 12.3. The Kier molecular flexibility index (Phi) is 4.45. The molecule has 2 rings (SSSR count). The first-order chi connectivity index (χ1) is 8.15. The molecule has 0 aromatic heterocycles. The Hall–Kier alpha value is -0.120. The third-order valence-corrected chi connectivity index (χ3v) is 4.72. The van der Waals surface area contributed by atoms with Crippen molar-refractivity contribution in [2.75, 3.05) is 32.8 Å². The lowest BCUT2D eigenvalue weighted by molar-refractivity contribution is -0.0526. The van der Waals surface area contributed by atoms with E-state index >= 15 is 0 Å². The summed E-state index contributed by atoms with van der Waals surface area (Å²) in [6.07, 6.45) is 3.77. The lowest BCUT2D eigenvalue weighted by Crippen LogP contribution is -2.62. The van der Waals surface area contributed by atoms with Crippen LogP contribution in [0.4, 0.5) is 0 Å². The first kappa shape index (κ1) is 13.3. The molecule has 0 bridgehead atoms. The van der Waals surface area contributed by atoms with Crippen LogP contribution in [-0.2, 0) is 4.74 Å². The molecule has 3 unspecified atom stereocenters. The van der Waals surface area contributed by atoms with Gasteiger partial charge in [0.15, 0.2) is 0 Å². The minimum atomic E-state index is 0.284. The second-order valence-corrected chi connectivity index (χ2v) is 6.05. The molecule has 100 valence electrons. The van der Waals surface area contributed by atoms with Crippen molar-refractivity contribution < 1.29 is 4.74 Å². The number of rotatable bonds is 3. The molecule has 0 aliphatic carbocycles. The second-order valence-electron chi connectivity index (χ2n) is 6.05. The molecular formula is C14H28N2O. The van der Waals surface area contributed by atoms with Gasteiger partial charge in [-0.1, -0.05) is 20.3 Å². The molecule has 0 saturated carbocycles. The average molecular weight is 240 g/mol. The molecule has 0 radical (unpaired) electrons. The summed E-state index contributed by atoms with van der Waals surface area (Å²) in [5, 5.41) is 3.67.